The van der Waals surface area contributed by atoms with Gasteiger partial charge >= 0.3 is 213 Å². The minimum Gasteiger partial charge on any atom is -0.472 e. The average Bonchev–Trinajstić information content (AvgIpc) is 4.03. The van der Waals surface area contributed by atoms with Gasteiger partial charge in [0.05, 0.1) is 0 Å². The number of fused-ring (bicyclic) bond motifs is 5. The Hall–Kier alpha value is -5.89. The molecule has 5 nitrogen and oxygen atoms in total. The maximum absolute atomic E-state index is 6.91. The van der Waals surface area contributed by atoms with Crippen molar-refractivity contribution in [1.82, 2.24) is 9.55 Å². The molecule has 0 aliphatic carbocycles. The molecule has 1 aliphatic rings. The fraction of sp³-hybridized carbons (Fsp3) is 0.138. The quantitative estimate of drug-likeness (QED) is 0.118. The van der Waals surface area contributed by atoms with E-state index in [1.54, 1.807) is 0 Å². The van der Waals surface area contributed by atoms with Crippen LogP contribution in [-0.2, 0) is 31.9 Å². The number of anilines is 4. The van der Waals surface area contributed by atoms with Crippen LogP contribution in [0.2, 0.25) is 0 Å². The molecule has 7 heteroatoms. The van der Waals surface area contributed by atoms with Crippen LogP contribution in [-0.4, -0.2) is 30.0 Å². The molecule has 0 saturated carbocycles. The van der Waals surface area contributed by atoms with Gasteiger partial charge in [0.25, 0.3) is 0 Å². The van der Waals surface area contributed by atoms with Crippen molar-refractivity contribution < 1.29 is 25.8 Å². The number of benzene rings is 7. The van der Waals surface area contributed by atoms with Gasteiger partial charge in [-0.05, 0) is 23.3 Å². The minimum atomic E-state index is -0.503. The molecule has 0 radical (unpaired) electrons. The van der Waals surface area contributed by atoms with E-state index in [9.17, 15) is 0 Å². The van der Waals surface area contributed by atoms with Crippen LogP contribution in [0.4, 0.5) is 22.7 Å². The molecule has 0 unspecified atom stereocenters. The molecule has 0 fully saturated rings. The normalized spacial score (nSPS) is 12.8. The average molecular weight is 1140 g/mol. The van der Waals surface area contributed by atoms with Crippen molar-refractivity contribution in [2.45, 2.75) is 52.4 Å². The van der Waals surface area contributed by atoms with E-state index in [0.717, 1.165) is 78.2 Å². The number of nitrogens with zero attached hydrogens (tertiary/aromatic N) is 4. The maximum atomic E-state index is 6.91. The Labute approximate surface area is 405 Å². The predicted octanol–water partition coefficient (Wildman–Crippen LogP) is 15.1. The summed E-state index contributed by atoms with van der Waals surface area (Å²) in [6, 6.07) is 65.8. The third-order valence-corrected chi connectivity index (χ3v) is 14.6. The van der Waals surface area contributed by atoms with Gasteiger partial charge in [-0.2, -0.15) is 0 Å². The summed E-state index contributed by atoms with van der Waals surface area (Å²) >= 11 is -0.503. The van der Waals surface area contributed by atoms with Crippen LogP contribution in [0.1, 0.15) is 52.7 Å². The van der Waals surface area contributed by atoms with Crippen molar-refractivity contribution in [1.29, 1.82) is 0 Å². The van der Waals surface area contributed by atoms with Gasteiger partial charge in [-0.3, -0.25) is 0 Å². The van der Waals surface area contributed by atoms with Gasteiger partial charge in [0, 0.05) is 49.3 Å². The molecule has 0 bridgehead atoms. The Morgan fingerprint density at radius 1 is 0.569 bits per heavy atom. The second-order valence-corrected chi connectivity index (χ2v) is 21.2. The van der Waals surface area contributed by atoms with Crippen LogP contribution in [0.25, 0.3) is 58.8 Å². The number of pyridine rings is 1. The van der Waals surface area contributed by atoms with E-state index in [1.165, 1.54) is 14.5 Å². The van der Waals surface area contributed by atoms with Crippen molar-refractivity contribution in [3.05, 3.63) is 198 Å². The summed E-state index contributed by atoms with van der Waals surface area (Å²) in [6.07, 6.45) is 0. The molecule has 1 aliphatic heterocycles. The summed E-state index contributed by atoms with van der Waals surface area (Å²) in [7, 11) is 0. The summed E-state index contributed by atoms with van der Waals surface area (Å²) in [5, 5.41) is 3.57. The molecule has 4 heterocycles. The van der Waals surface area contributed by atoms with Crippen LogP contribution in [0.3, 0.4) is 0 Å². The van der Waals surface area contributed by atoms with E-state index in [2.05, 4.69) is 237 Å². The molecular weight excluding hydrogens is 1090 g/mol. The van der Waals surface area contributed by atoms with Gasteiger partial charge in [0.1, 0.15) is 0 Å². The van der Waals surface area contributed by atoms with E-state index < -0.39 is 20.4 Å². The second-order valence-electron chi connectivity index (χ2n) is 18.6. The monoisotopic (exact) mass is 1140 g/mol. The third-order valence-electron chi connectivity index (χ3n) is 12.3. The molecule has 0 atom stereocenters. The van der Waals surface area contributed by atoms with Gasteiger partial charge in [-0.25, -0.2) is 0 Å². The van der Waals surface area contributed by atoms with E-state index >= 15 is 0 Å². The Bertz CT molecular complexity index is 3320. The van der Waals surface area contributed by atoms with Gasteiger partial charge in [-0.1, -0.05) is 112 Å². The molecule has 11 rings (SSSR count). The number of para-hydroxylation sites is 4. The Balaban J connectivity index is 0.00000498. The molecule has 324 valence electrons. The molecule has 7 aromatic carbocycles. The van der Waals surface area contributed by atoms with Crippen LogP contribution in [0, 0.1) is 18.8 Å². The first-order valence-corrected chi connectivity index (χ1v) is 24.4. The molecule has 0 spiro atoms. The molecule has 0 N–H and O–H groups in total. The van der Waals surface area contributed by atoms with Crippen LogP contribution in [0.15, 0.2) is 168 Å². The van der Waals surface area contributed by atoms with E-state index in [1.807, 2.05) is 6.07 Å². The van der Waals surface area contributed by atoms with Gasteiger partial charge in [0.15, 0.2) is 0 Å². The summed E-state index contributed by atoms with van der Waals surface area (Å²) in [5.74, 6) is 2.17. The van der Waals surface area contributed by atoms with E-state index in [0.29, 0.717) is 11.5 Å². The zero-order chi connectivity index (χ0) is 43.7. The Morgan fingerprint density at radius 3 is 1.89 bits per heavy atom. The Morgan fingerprint density at radius 2 is 1.22 bits per heavy atom. The summed E-state index contributed by atoms with van der Waals surface area (Å²) in [4.78, 5) is 9.94. The van der Waals surface area contributed by atoms with Crippen LogP contribution in [0.5, 0.6) is 11.5 Å². The van der Waals surface area contributed by atoms with Crippen LogP contribution >= 0.6 is 0 Å². The van der Waals surface area contributed by atoms with Crippen LogP contribution < -0.4 is 14.5 Å². The molecular formula is C58H47N4OPtTe-3. The van der Waals surface area contributed by atoms with Gasteiger partial charge < -0.3 is 4.90 Å². The Kier molecular flexibility index (Phi) is 11.1. The molecule has 0 amide bonds. The molecule has 65 heavy (non-hydrogen) atoms. The standard InChI is InChI=1S/C58H47N4OTe.Pt/c1-57(2,3)40-32-41(60-37-61(52-27-16-15-26-51(52)60)55-44(38-18-9-7-10-19-38)23-17-24-45(55)39-20-11-8-12-21-39)34-43(33-40)63-42-28-29-47-46-22-13-14-25-50(46)62(53(47)35-42)54-36-49(58(4,5)6)48-30-31-64-56(48)59-54;/h7-33,36-37H,1-6H3;/q-3;. The first-order chi connectivity index (χ1) is 31.0. The topological polar surface area (TPSA) is 33.5 Å². The molecule has 0 saturated heterocycles. The zero-order valence-electron chi connectivity index (χ0n) is 37.2. The number of hydrogen-bond acceptors (Lipinski definition) is 4. The number of rotatable bonds is 7. The van der Waals surface area contributed by atoms with Gasteiger partial charge in [0.2, 0.25) is 0 Å². The SMILES string of the molecule is CC(C)(C)c1cc(Oc2[c-]c3c(cc2)c2ccccc2n3-c2cc(C(C)(C)C)c3cc[te]c3n2)[c-]c(N2[CH-]N(c3c(-c4ccccc4)cccc3-c3ccccc3)c3ccccc32)c1.[Pt]. The first kappa shape index (κ1) is 43.0. The fourth-order valence-electron chi connectivity index (χ4n) is 9.09. The molecule has 10 aromatic rings. The summed E-state index contributed by atoms with van der Waals surface area (Å²) in [6.45, 7) is 15.8. The summed E-state index contributed by atoms with van der Waals surface area (Å²) < 4.78 is 12.8. The van der Waals surface area contributed by atoms with Crippen molar-refractivity contribution >= 4 is 73.9 Å². The second kappa shape index (κ2) is 16.8. The zero-order valence-corrected chi connectivity index (χ0v) is 41.8. The summed E-state index contributed by atoms with van der Waals surface area (Å²) in [5.41, 5.74) is 13.1. The third kappa shape index (κ3) is 7.80. The number of hydrogen-bond donors (Lipinski definition) is 0. The minimum absolute atomic E-state index is 0. The van der Waals surface area contributed by atoms with Gasteiger partial charge in [-0.15, -0.1) is 6.67 Å². The van der Waals surface area contributed by atoms with E-state index in [-0.39, 0.29) is 31.9 Å². The molecule has 3 aromatic heterocycles. The van der Waals surface area contributed by atoms with Crippen molar-refractivity contribution in [3.8, 4) is 39.6 Å². The smallest absolute Gasteiger partial charge is 0.472 e. The predicted molar refractivity (Wildman–Crippen MR) is 267 cm³/mol. The van der Waals surface area contributed by atoms with Crippen molar-refractivity contribution in [2.75, 3.05) is 9.80 Å². The first-order valence-electron chi connectivity index (χ1n) is 21.9. The van der Waals surface area contributed by atoms with E-state index in [4.69, 9.17) is 9.72 Å². The van der Waals surface area contributed by atoms with Crippen molar-refractivity contribution in [2.24, 2.45) is 0 Å². The number of aromatic nitrogens is 2. The van der Waals surface area contributed by atoms with Crippen molar-refractivity contribution in [3.63, 3.8) is 0 Å². The number of ether oxygens (including phenoxy) is 1. The fourth-order valence-corrected chi connectivity index (χ4v) is 11.3.